The molecule has 0 spiro atoms. The lowest BCUT2D eigenvalue weighted by atomic mass is 9.89. The van der Waals surface area contributed by atoms with Gasteiger partial charge in [-0.1, -0.05) is 29.4 Å². The van der Waals surface area contributed by atoms with Crippen molar-refractivity contribution in [1.82, 2.24) is 14.9 Å². The summed E-state index contributed by atoms with van der Waals surface area (Å²) in [6, 6.07) is 14.0. The zero-order valence-electron chi connectivity index (χ0n) is 17.4. The fraction of sp³-hybridized carbons (Fsp3) is 0.208. The first-order valence-electron chi connectivity index (χ1n) is 10.2. The molecule has 7 heteroatoms. The molecule has 1 aliphatic carbocycles. The number of rotatable bonds is 5. The van der Waals surface area contributed by atoms with Gasteiger partial charge in [0.1, 0.15) is 5.75 Å². The number of amides is 1. The summed E-state index contributed by atoms with van der Waals surface area (Å²) in [6.07, 6.45) is 4.95. The zero-order valence-corrected chi connectivity index (χ0v) is 17.4. The molecule has 0 saturated carbocycles. The SMILES string of the molecule is COc1ccc2c(c1)CCc1c(C(=O)Nc3cnn(Cc4ccccc4C)c3)noc1-2. The van der Waals surface area contributed by atoms with Gasteiger partial charge in [-0.3, -0.25) is 9.48 Å². The predicted molar refractivity (Wildman–Crippen MR) is 116 cm³/mol. The number of hydrogen-bond acceptors (Lipinski definition) is 5. The number of carbonyl (C=O) groups is 1. The summed E-state index contributed by atoms with van der Waals surface area (Å²) >= 11 is 0. The molecule has 1 aliphatic rings. The number of carbonyl (C=O) groups excluding carboxylic acids is 1. The number of anilines is 1. The lowest BCUT2D eigenvalue weighted by molar-refractivity contribution is 0.101. The molecule has 0 bridgehead atoms. The number of fused-ring (bicyclic) bond motifs is 3. The van der Waals surface area contributed by atoms with E-state index in [-0.39, 0.29) is 5.91 Å². The smallest absolute Gasteiger partial charge is 0.278 e. The number of hydrogen-bond donors (Lipinski definition) is 1. The highest BCUT2D eigenvalue weighted by molar-refractivity contribution is 6.04. The highest BCUT2D eigenvalue weighted by Crippen LogP contribution is 2.37. The molecule has 2 heterocycles. The molecule has 1 amide bonds. The van der Waals surface area contributed by atoms with E-state index in [0.717, 1.165) is 28.9 Å². The standard InChI is InChI=1S/C24H22N4O3/c1-15-5-3-4-6-17(15)13-28-14-18(12-25-28)26-24(29)22-21-9-7-16-11-19(30-2)8-10-20(16)23(21)31-27-22/h3-6,8,10-12,14H,7,9,13H2,1-2H3,(H,26,29). The second-order valence-electron chi connectivity index (χ2n) is 7.67. The minimum absolute atomic E-state index is 0.294. The average molecular weight is 414 g/mol. The van der Waals surface area contributed by atoms with E-state index in [2.05, 4.69) is 34.6 Å². The maximum atomic E-state index is 12.9. The summed E-state index contributed by atoms with van der Waals surface area (Å²) in [4.78, 5) is 12.9. The Morgan fingerprint density at radius 2 is 2.10 bits per heavy atom. The monoisotopic (exact) mass is 414 g/mol. The first-order chi connectivity index (χ1) is 15.1. The number of aromatic nitrogens is 3. The van der Waals surface area contributed by atoms with Crippen LogP contribution in [0.1, 0.15) is 32.7 Å². The van der Waals surface area contributed by atoms with Crippen molar-refractivity contribution < 1.29 is 14.1 Å². The van der Waals surface area contributed by atoms with Crippen LogP contribution in [0.2, 0.25) is 0 Å². The van der Waals surface area contributed by atoms with Crippen LogP contribution in [0.25, 0.3) is 11.3 Å². The highest BCUT2D eigenvalue weighted by Gasteiger charge is 2.28. The van der Waals surface area contributed by atoms with E-state index in [1.807, 2.05) is 36.5 Å². The van der Waals surface area contributed by atoms with Crippen molar-refractivity contribution in [3.63, 3.8) is 0 Å². The quantitative estimate of drug-likeness (QED) is 0.528. The molecule has 5 rings (SSSR count). The number of methoxy groups -OCH3 is 1. The number of ether oxygens (including phenoxy) is 1. The van der Waals surface area contributed by atoms with Crippen LogP contribution in [-0.2, 0) is 19.4 Å². The maximum Gasteiger partial charge on any atom is 0.278 e. The molecule has 2 aromatic heterocycles. The molecule has 2 aromatic carbocycles. The summed E-state index contributed by atoms with van der Waals surface area (Å²) in [5.74, 6) is 1.17. The Labute approximate surface area is 179 Å². The van der Waals surface area contributed by atoms with Crippen molar-refractivity contribution in [2.75, 3.05) is 12.4 Å². The predicted octanol–water partition coefficient (Wildman–Crippen LogP) is 4.25. The third kappa shape index (κ3) is 3.59. The molecule has 0 radical (unpaired) electrons. The van der Waals surface area contributed by atoms with Gasteiger partial charge in [0.25, 0.3) is 5.91 Å². The van der Waals surface area contributed by atoms with Crippen LogP contribution in [0, 0.1) is 6.92 Å². The van der Waals surface area contributed by atoms with E-state index in [0.29, 0.717) is 30.1 Å². The third-order valence-corrected chi connectivity index (χ3v) is 5.69. The molecule has 156 valence electrons. The first kappa shape index (κ1) is 19.1. The van der Waals surface area contributed by atoms with Gasteiger partial charge < -0.3 is 14.6 Å². The Kier molecular flexibility index (Phi) is 4.78. The summed E-state index contributed by atoms with van der Waals surface area (Å²) < 4.78 is 12.7. The van der Waals surface area contributed by atoms with E-state index in [4.69, 9.17) is 9.26 Å². The largest absolute Gasteiger partial charge is 0.497 e. The molecule has 0 atom stereocenters. The fourth-order valence-corrected chi connectivity index (χ4v) is 3.98. The van der Waals surface area contributed by atoms with Gasteiger partial charge in [0.15, 0.2) is 11.5 Å². The van der Waals surface area contributed by atoms with Crippen LogP contribution >= 0.6 is 0 Å². The molecule has 0 fully saturated rings. The van der Waals surface area contributed by atoms with Gasteiger partial charge in [-0.05, 0) is 54.7 Å². The van der Waals surface area contributed by atoms with Gasteiger partial charge in [-0.25, -0.2) is 0 Å². The lowest BCUT2D eigenvalue weighted by Gasteiger charge is -2.15. The number of nitrogens with zero attached hydrogens (tertiary/aromatic N) is 3. The van der Waals surface area contributed by atoms with Crippen LogP contribution in [0.4, 0.5) is 5.69 Å². The molecular weight excluding hydrogens is 392 g/mol. The average Bonchev–Trinajstić information content (AvgIpc) is 3.41. The van der Waals surface area contributed by atoms with Crippen molar-refractivity contribution in [1.29, 1.82) is 0 Å². The Bertz CT molecular complexity index is 1270. The van der Waals surface area contributed by atoms with Crippen LogP contribution in [0.3, 0.4) is 0 Å². The molecule has 31 heavy (non-hydrogen) atoms. The molecule has 0 saturated heterocycles. The maximum absolute atomic E-state index is 12.9. The van der Waals surface area contributed by atoms with E-state index < -0.39 is 0 Å². The van der Waals surface area contributed by atoms with Crippen molar-refractivity contribution >= 4 is 11.6 Å². The van der Waals surface area contributed by atoms with E-state index in [1.165, 1.54) is 11.1 Å². The normalized spacial score (nSPS) is 12.2. The molecule has 7 nitrogen and oxygen atoms in total. The van der Waals surface area contributed by atoms with Gasteiger partial charge in [-0.2, -0.15) is 5.10 Å². The minimum Gasteiger partial charge on any atom is -0.497 e. The summed E-state index contributed by atoms with van der Waals surface area (Å²) in [5, 5.41) is 11.3. The van der Waals surface area contributed by atoms with Gasteiger partial charge in [-0.15, -0.1) is 0 Å². The highest BCUT2D eigenvalue weighted by atomic mass is 16.5. The molecule has 0 aliphatic heterocycles. The lowest BCUT2D eigenvalue weighted by Crippen LogP contribution is -2.15. The second kappa shape index (κ2) is 7.75. The number of aryl methyl sites for hydroxylation is 2. The van der Waals surface area contributed by atoms with Gasteiger partial charge in [0.05, 0.1) is 25.5 Å². The molecule has 4 aromatic rings. The first-order valence-corrected chi connectivity index (χ1v) is 10.2. The zero-order chi connectivity index (χ0) is 21.4. The summed E-state index contributed by atoms with van der Waals surface area (Å²) in [7, 11) is 1.65. The molecule has 0 unspecified atom stereocenters. The summed E-state index contributed by atoms with van der Waals surface area (Å²) in [6.45, 7) is 2.71. The number of nitrogens with one attached hydrogen (secondary N) is 1. The van der Waals surface area contributed by atoms with Crippen molar-refractivity contribution in [3.8, 4) is 17.1 Å². The summed E-state index contributed by atoms with van der Waals surface area (Å²) in [5.41, 5.74) is 6.26. The van der Waals surface area contributed by atoms with Crippen molar-refractivity contribution in [3.05, 3.63) is 82.8 Å². The van der Waals surface area contributed by atoms with Gasteiger partial charge >= 0.3 is 0 Å². The third-order valence-electron chi connectivity index (χ3n) is 5.69. The molecule has 1 N–H and O–H groups in total. The van der Waals surface area contributed by atoms with E-state index >= 15 is 0 Å². The topological polar surface area (TPSA) is 82.2 Å². The van der Waals surface area contributed by atoms with Crippen LogP contribution < -0.4 is 10.1 Å². The molecular formula is C24H22N4O3. The number of benzene rings is 2. The van der Waals surface area contributed by atoms with Crippen LogP contribution in [0.5, 0.6) is 5.75 Å². The minimum atomic E-state index is -0.294. The Morgan fingerprint density at radius 1 is 1.23 bits per heavy atom. The van der Waals surface area contributed by atoms with Crippen molar-refractivity contribution in [2.45, 2.75) is 26.3 Å². The van der Waals surface area contributed by atoms with Crippen molar-refractivity contribution in [2.24, 2.45) is 0 Å². The van der Waals surface area contributed by atoms with Gasteiger partial charge in [0.2, 0.25) is 0 Å². The Hall–Kier alpha value is -3.87. The second-order valence-corrected chi connectivity index (χ2v) is 7.67. The van der Waals surface area contributed by atoms with E-state index in [9.17, 15) is 4.79 Å². The fourth-order valence-electron chi connectivity index (χ4n) is 3.98. The Balaban J connectivity index is 1.34. The van der Waals surface area contributed by atoms with Gasteiger partial charge in [0, 0.05) is 17.3 Å². The van der Waals surface area contributed by atoms with E-state index in [1.54, 1.807) is 18.0 Å². The Morgan fingerprint density at radius 3 is 2.94 bits per heavy atom. The van der Waals surface area contributed by atoms with Crippen LogP contribution in [-0.4, -0.2) is 28.0 Å². The van der Waals surface area contributed by atoms with Crippen LogP contribution in [0.15, 0.2) is 59.4 Å².